The molecule has 4 heterocycles. The van der Waals surface area contributed by atoms with E-state index in [-0.39, 0.29) is 39.9 Å². The van der Waals surface area contributed by atoms with Crippen LogP contribution in [0.2, 0.25) is 0 Å². The van der Waals surface area contributed by atoms with Crippen LogP contribution in [-0.4, -0.2) is 108 Å². The van der Waals surface area contributed by atoms with Crippen molar-refractivity contribution in [3.63, 3.8) is 0 Å². The standard InChI is InChI=1S/C21H26N6O6/c1-24-18(28)14(16(22-24)20(30)26-6-10-32-11-7-26)4-3-5-15-17(23-25(2)19(15)29)21(31)27-8-12-33-13-9-27/h3-5,22H,6-13H2,1-2H3/b4-3?,15-5-. The summed E-state index contributed by atoms with van der Waals surface area (Å²) in [5.74, 6) is -1.08. The Morgan fingerprint density at radius 2 is 1.52 bits per heavy atom. The number of aromatic nitrogens is 2. The number of amides is 3. The Morgan fingerprint density at radius 1 is 0.939 bits per heavy atom. The maximum atomic E-state index is 12.9. The molecule has 0 saturated carbocycles. The number of nitrogens with one attached hydrogen (secondary N) is 1. The van der Waals surface area contributed by atoms with E-state index in [9.17, 15) is 19.2 Å². The van der Waals surface area contributed by atoms with E-state index in [0.717, 1.165) is 5.01 Å². The minimum Gasteiger partial charge on any atom is -0.378 e. The van der Waals surface area contributed by atoms with Gasteiger partial charge >= 0.3 is 0 Å². The monoisotopic (exact) mass is 458 g/mol. The molecule has 1 aromatic heterocycles. The van der Waals surface area contributed by atoms with Crippen molar-refractivity contribution in [2.24, 2.45) is 12.1 Å². The Hall–Kier alpha value is -3.51. The summed E-state index contributed by atoms with van der Waals surface area (Å²) in [6.07, 6.45) is 4.38. The molecular weight excluding hydrogens is 432 g/mol. The molecule has 1 N–H and O–H groups in total. The molecule has 0 unspecified atom stereocenters. The van der Waals surface area contributed by atoms with Gasteiger partial charge in [-0.3, -0.25) is 29.0 Å². The average Bonchev–Trinajstić information content (AvgIpc) is 3.29. The summed E-state index contributed by atoms with van der Waals surface area (Å²) in [6.45, 7) is 3.46. The fourth-order valence-corrected chi connectivity index (χ4v) is 3.80. The molecule has 2 fully saturated rings. The number of aryl methyl sites for hydroxylation is 1. The highest BCUT2D eigenvalue weighted by atomic mass is 16.5. The zero-order chi connectivity index (χ0) is 23.5. The lowest BCUT2D eigenvalue weighted by Crippen LogP contribution is -2.44. The van der Waals surface area contributed by atoms with Crippen molar-refractivity contribution >= 4 is 29.5 Å². The van der Waals surface area contributed by atoms with Crippen molar-refractivity contribution in [2.45, 2.75) is 0 Å². The van der Waals surface area contributed by atoms with Crippen molar-refractivity contribution in [1.29, 1.82) is 0 Å². The number of rotatable bonds is 4. The summed E-state index contributed by atoms with van der Waals surface area (Å²) >= 11 is 0. The first-order valence-corrected chi connectivity index (χ1v) is 10.7. The average molecular weight is 458 g/mol. The molecule has 0 radical (unpaired) electrons. The molecule has 0 atom stereocenters. The van der Waals surface area contributed by atoms with Crippen LogP contribution in [0.4, 0.5) is 0 Å². The van der Waals surface area contributed by atoms with E-state index in [0.29, 0.717) is 52.6 Å². The lowest BCUT2D eigenvalue weighted by Gasteiger charge is -2.26. The Labute approximate surface area is 189 Å². The number of hydrazone groups is 1. The molecule has 12 heteroatoms. The van der Waals surface area contributed by atoms with E-state index < -0.39 is 5.91 Å². The fourth-order valence-electron chi connectivity index (χ4n) is 3.80. The van der Waals surface area contributed by atoms with Gasteiger partial charge in [-0.05, 0) is 12.2 Å². The van der Waals surface area contributed by atoms with Gasteiger partial charge in [-0.1, -0.05) is 6.08 Å². The summed E-state index contributed by atoms with van der Waals surface area (Å²) in [7, 11) is 3.00. The highest BCUT2D eigenvalue weighted by molar-refractivity contribution is 6.52. The van der Waals surface area contributed by atoms with Crippen LogP contribution in [0.3, 0.4) is 0 Å². The van der Waals surface area contributed by atoms with E-state index in [1.165, 1.54) is 37.0 Å². The summed E-state index contributed by atoms with van der Waals surface area (Å²) in [4.78, 5) is 54.2. The van der Waals surface area contributed by atoms with Gasteiger partial charge in [0, 0.05) is 40.3 Å². The van der Waals surface area contributed by atoms with Crippen LogP contribution in [0, 0.1) is 0 Å². The Kier molecular flexibility index (Phi) is 6.56. The topological polar surface area (TPSA) is 130 Å². The van der Waals surface area contributed by atoms with Crippen molar-refractivity contribution in [1.82, 2.24) is 24.6 Å². The van der Waals surface area contributed by atoms with Gasteiger partial charge in [-0.2, -0.15) is 5.10 Å². The largest absolute Gasteiger partial charge is 0.378 e. The number of carbonyl (C=O) groups is 3. The van der Waals surface area contributed by atoms with Crippen LogP contribution in [0.15, 0.2) is 27.6 Å². The first-order valence-electron chi connectivity index (χ1n) is 10.7. The zero-order valence-electron chi connectivity index (χ0n) is 18.6. The maximum Gasteiger partial charge on any atom is 0.276 e. The third-order valence-corrected chi connectivity index (χ3v) is 5.65. The first kappa shape index (κ1) is 22.7. The minimum absolute atomic E-state index is 0.0423. The van der Waals surface area contributed by atoms with Gasteiger partial charge in [0.2, 0.25) is 0 Å². The molecule has 3 aliphatic rings. The van der Waals surface area contributed by atoms with Crippen LogP contribution in [0.25, 0.3) is 6.08 Å². The zero-order valence-corrected chi connectivity index (χ0v) is 18.6. The first-order chi connectivity index (χ1) is 15.9. The lowest BCUT2D eigenvalue weighted by atomic mass is 10.1. The second-order valence-electron chi connectivity index (χ2n) is 7.79. The summed E-state index contributed by atoms with van der Waals surface area (Å²) < 4.78 is 11.8. The van der Waals surface area contributed by atoms with Gasteiger partial charge in [-0.15, -0.1) is 0 Å². The van der Waals surface area contributed by atoms with E-state index >= 15 is 0 Å². The molecule has 1 aromatic rings. The van der Waals surface area contributed by atoms with Crippen LogP contribution in [0.5, 0.6) is 0 Å². The third kappa shape index (κ3) is 4.52. The van der Waals surface area contributed by atoms with Crippen molar-refractivity contribution in [2.75, 3.05) is 59.7 Å². The van der Waals surface area contributed by atoms with Crippen molar-refractivity contribution in [3.8, 4) is 0 Å². The summed E-state index contributed by atoms with van der Waals surface area (Å²) in [5, 5.41) is 8.01. The highest BCUT2D eigenvalue weighted by Gasteiger charge is 2.34. The maximum absolute atomic E-state index is 12.9. The van der Waals surface area contributed by atoms with Crippen LogP contribution in [0.1, 0.15) is 16.1 Å². The fraction of sp³-hybridized carbons (Fsp3) is 0.476. The van der Waals surface area contributed by atoms with Gasteiger partial charge in [0.05, 0.1) is 37.6 Å². The Bertz CT molecular complexity index is 1100. The van der Waals surface area contributed by atoms with Gasteiger partial charge < -0.3 is 19.3 Å². The minimum atomic E-state index is -0.428. The second kappa shape index (κ2) is 9.55. The number of aromatic amines is 1. The molecule has 33 heavy (non-hydrogen) atoms. The SMILES string of the molecule is CN1N=C(C(=O)N2CCOCC2)/C(=C/C=Cc2c(C(=O)N3CCOCC3)[nH]n(C)c2=O)C1=O. The number of allylic oxidation sites excluding steroid dienone is 2. The van der Waals surface area contributed by atoms with Crippen molar-refractivity contribution < 1.29 is 23.9 Å². The van der Waals surface area contributed by atoms with Gasteiger partial charge in [0.25, 0.3) is 23.3 Å². The quantitative estimate of drug-likeness (QED) is 0.565. The molecule has 0 aromatic carbocycles. The molecular formula is C21H26N6O6. The number of hydrogen-bond acceptors (Lipinski definition) is 7. The predicted molar refractivity (Wildman–Crippen MR) is 117 cm³/mol. The van der Waals surface area contributed by atoms with E-state index in [2.05, 4.69) is 10.2 Å². The molecule has 176 valence electrons. The van der Waals surface area contributed by atoms with E-state index in [1.54, 1.807) is 9.80 Å². The van der Waals surface area contributed by atoms with Gasteiger partial charge in [0.15, 0.2) is 5.71 Å². The van der Waals surface area contributed by atoms with Gasteiger partial charge in [0.1, 0.15) is 5.69 Å². The van der Waals surface area contributed by atoms with Crippen LogP contribution in [-0.2, 0) is 26.1 Å². The number of hydrogen-bond donors (Lipinski definition) is 1. The summed E-state index contributed by atoms with van der Waals surface area (Å²) in [5.41, 5.74) is 0.114. The third-order valence-electron chi connectivity index (χ3n) is 5.65. The van der Waals surface area contributed by atoms with Gasteiger partial charge in [-0.25, -0.2) is 5.01 Å². The predicted octanol–water partition coefficient (Wildman–Crippen LogP) is -1.19. The van der Waals surface area contributed by atoms with Crippen LogP contribution < -0.4 is 5.56 Å². The highest BCUT2D eigenvalue weighted by Crippen LogP contribution is 2.17. The normalized spacial score (nSPS) is 20.8. The molecule has 3 amide bonds. The molecule has 0 bridgehead atoms. The number of carbonyl (C=O) groups excluding carboxylic acids is 3. The molecule has 0 aliphatic carbocycles. The molecule has 12 nitrogen and oxygen atoms in total. The van der Waals surface area contributed by atoms with E-state index in [1.807, 2.05) is 0 Å². The Balaban J connectivity index is 1.59. The number of ether oxygens (including phenoxy) is 2. The lowest BCUT2D eigenvalue weighted by molar-refractivity contribution is -0.128. The molecule has 2 saturated heterocycles. The number of likely N-dealkylation sites (N-methyl/N-ethyl adjacent to an activating group) is 1. The Morgan fingerprint density at radius 3 is 2.12 bits per heavy atom. The number of nitrogens with zero attached hydrogens (tertiary/aromatic N) is 5. The number of H-pyrrole nitrogens is 1. The number of morpholine rings is 2. The molecule has 0 spiro atoms. The molecule has 3 aliphatic heterocycles. The summed E-state index contributed by atoms with van der Waals surface area (Å²) in [6, 6.07) is 0. The van der Waals surface area contributed by atoms with Crippen molar-refractivity contribution in [3.05, 3.63) is 39.3 Å². The van der Waals surface area contributed by atoms with Crippen LogP contribution >= 0.6 is 0 Å². The molecule has 4 rings (SSSR count). The smallest absolute Gasteiger partial charge is 0.276 e. The second-order valence-corrected chi connectivity index (χ2v) is 7.79. The van der Waals surface area contributed by atoms with E-state index in [4.69, 9.17) is 9.47 Å².